The van der Waals surface area contributed by atoms with Crippen molar-refractivity contribution >= 4 is 34.1 Å². The van der Waals surface area contributed by atoms with Gasteiger partial charge in [-0.15, -0.1) is 0 Å². The van der Waals surface area contributed by atoms with Gasteiger partial charge in [-0.25, -0.2) is 9.59 Å². The fraction of sp³-hybridized carbons (Fsp3) is 0.533. The van der Waals surface area contributed by atoms with E-state index in [2.05, 4.69) is 34.6 Å². The van der Waals surface area contributed by atoms with Gasteiger partial charge in [0.25, 0.3) is 0 Å². The van der Waals surface area contributed by atoms with Gasteiger partial charge >= 0.3 is 10.9 Å². The molecule has 0 fully saturated rings. The fourth-order valence-electron chi connectivity index (χ4n) is 4.40. The summed E-state index contributed by atoms with van der Waals surface area (Å²) in [5.41, 5.74) is 0.825. The highest BCUT2D eigenvalue weighted by molar-refractivity contribution is 6.61. The first-order chi connectivity index (χ1) is 16.9. The summed E-state index contributed by atoms with van der Waals surface area (Å²) in [5, 5.41) is 0. The molecule has 0 N–H and O–H groups in total. The second kappa shape index (κ2) is 15.9. The molecule has 6 heteroatoms. The molecule has 1 aliphatic carbocycles. The predicted octanol–water partition coefficient (Wildman–Crippen LogP) is 10.9. The van der Waals surface area contributed by atoms with E-state index >= 15 is 0 Å². The Hall–Kier alpha value is -2.04. The van der Waals surface area contributed by atoms with Crippen LogP contribution in [0, 0.1) is 5.41 Å². The van der Waals surface area contributed by atoms with Gasteiger partial charge in [0.15, 0.2) is 0 Å². The van der Waals surface area contributed by atoms with Crippen LogP contribution in [0.1, 0.15) is 107 Å². The zero-order valence-corrected chi connectivity index (χ0v) is 25.9. The number of fused-ring (bicyclic) bond motifs is 1. The average Bonchev–Trinajstić information content (AvgIpc) is 2.99. The van der Waals surface area contributed by atoms with Crippen molar-refractivity contribution in [1.29, 1.82) is 0 Å². The molecule has 3 rings (SSSR count). The summed E-state index contributed by atoms with van der Waals surface area (Å²) in [6.07, 6.45) is 0. The molecule has 2 aromatic carbocycles. The summed E-state index contributed by atoms with van der Waals surface area (Å²) in [6.45, 7) is 27.1. The summed E-state index contributed by atoms with van der Waals surface area (Å²) in [5.74, 6) is 0.790. The van der Waals surface area contributed by atoms with Crippen LogP contribution in [0.5, 0.6) is 11.5 Å². The Morgan fingerprint density at radius 3 is 1.42 bits per heavy atom. The van der Waals surface area contributed by atoms with E-state index in [0.717, 1.165) is 11.1 Å². The second-order valence-electron chi connectivity index (χ2n) is 8.29. The highest BCUT2D eigenvalue weighted by Gasteiger charge is 2.59. The van der Waals surface area contributed by atoms with E-state index in [1.54, 1.807) is 18.2 Å². The fourth-order valence-corrected chi connectivity index (χ4v) is 4.58. The Bertz CT molecular complexity index is 950. The molecule has 1 unspecified atom stereocenters. The van der Waals surface area contributed by atoms with Crippen LogP contribution in [0.2, 0.25) is 0 Å². The molecule has 0 saturated heterocycles. The topological polar surface area (TPSA) is 52.6 Å². The molecule has 0 amide bonds. The molecule has 2 aromatic rings. The van der Waals surface area contributed by atoms with Gasteiger partial charge < -0.3 is 9.47 Å². The smallest absolute Gasteiger partial charge is 0.409 e. The maximum atomic E-state index is 11.2. The first kappa shape index (κ1) is 36.1. The summed E-state index contributed by atoms with van der Waals surface area (Å²) in [4.78, 5) is 22.2. The van der Waals surface area contributed by atoms with E-state index in [1.165, 1.54) is 5.56 Å². The van der Waals surface area contributed by atoms with Gasteiger partial charge in [0.1, 0.15) is 11.5 Å². The van der Waals surface area contributed by atoms with Gasteiger partial charge in [0.05, 0.1) is 0 Å². The molecule has 4 nitrogen and oxygen atoms in total. The Morgan fingerprint density at radius 2 is 1.00 bits per heavy atom. The molecule has 0 bridgehead atoms. The third-order valence-electron chi connectivity index (χ3n) is 6.84. The van der Waals surface area contributed by atoms with Gasteiger partial charge in [0, 0.05) is 28.6 Å². The predicted molar refractivity (Wildman–Crippen MR) is 155 cm³/mol. The summed E-state index contributed by atoms with van der Waals surface area (Å²) in [6, 6.07) is 13.0. The number of carbonyl (C=O) groups is 2. The second-order valence-corrected chi connectivity index (χ2v) is 8.90. The Labute approximate surface area is 229 Å². The quantitative estimate of drug-likeness (QED) is 0.363. The largest absolute Gasteiger partial charge is 0.415 e. The lowest BCUT2D eigenvalue weighted by molar-refractivity contribution is 0.139. The van der Waals surface area contributed by atoms with Gasteiger partial charge in [-0.1, -0.05) is 108 Å². The summed E-state index contributed by atoms with van der Waals surface area (Å²) < 4.78 is 10.1. The number of ether oxygens (including phenoxy) is 2. The summed E-state index contributed by atoms with van der Waals surface area (Å²) in [7, 11) is 0. The lowest BCUT2D eigenvalue weighted by atomic mass is 9.56. The van der Waals surface area contributed by atoms with E-state index in [9.17, 15) is 9.59 Å². The number of hydrogen-bond acceptors (Lipinski definition) is 4. The number of benzene rings is 2. The molecule has 1 atom stereocenters. The van der Waals surface area contributed by atoms with Crippen LogP contribution < -0.4 is 9.47 Å². The van der Waals surface area contributed by atoms with Gasteiger partial charge in [-0.3, -0.25) is 0 Å². The first-order valence-electron chi connectivity index (χ1n) is 12.9. The van der Waals surface area contributed by atoms with Crippen LogP contribution in [0.15, 0.2) is 42.5 Å². The van der Waals surface area contributed by atoms with E-state index in [0.29, 0.717) is 11.5 Å². The van der Waals surface area contributed by atoms with Crippen molar-refractivity contribution < 1.29 is 19.1 Å². The maximum Gasteiger partial charge on any atom is 0.409 e. The van der Waals surface area contributed by atoms with Gasteiger partial charge in [0.2, 0.25) is 0 Å². The molecule has 36 heavy (non-hydrogen) atoms. The Kier molecular flexibility index (Phi) is 16.0. The minimum absolute atomic E-state index is 0.151. The van der Waals surface area contributed by atoms with E-state index in [-0.39, 0.29) is 10.8 Å². The van der Waals surface area contributed by atoms with Crippen LogP contribution in [0.3, 0.4) is 0 Å². The third-order valence-corrected chi connectivity index (χ3v) is 7.00. The van der Waals surface area contributed by atoms with Crippen molar-refractivity contribution in [3.63, 3.8) is 0 Å². The lowest BCUT2D eigenvalue weighted by Crippen LogP contribution is -2.44. The maximum absolute atomic E-state index is 11.2. The molecule has 0 aliphatic heterocycles. The molecule has 0 saturated carbocycles. The highest BCUT2D eigenvalue weighted by Crippen LogP contribution is 2.64. The first-order valence-corrected chi connectivity index (χ1v) is 13.7. The normalized spacial score (nSPS) is 17.5. The van der Waals surface area contributed by atoms with Crippen LogP contribution in [-0.4, -0.2) is 10.9 Å². The van der Waals surface area contributed by atoms with E-state index in [1.807, 2.05) is 79.7 Å². The minimum atomic E-state index is -0.876. The van der Waals surface area contributed by atoms with Crippen molar-refractivity contribution in [2.24, 2.45) is 5.41 Å². The van der Waals surface area contributed by atoms with Crippen LogP contribution >= 0.6 is 23.2 Å². The molecule has 204 valence electrons. The van der Waals surface area contributed by atoms with Crippen molar-refractivity contribution in [2.75, 3.05) is 0 Å². The molecule has 0 spiro atoms. The molecule has 0 radical (unpaired) electrons. The number of hydrogen-bond donors (Lipinski definition) is 0. The molecular formula is C30H46Cl2O4. The van der Waals surface area contributed by atoms with Crippen molar-refractivity contribution in [3.05, 3.63) is 59.2 Å². The van der Waals surface area contributed by atoms with Crippen LogP contribution in [0.25, 0.3) is 0 Å². The van der Waals surface area contributed by atoms with Crippen molar-refractivity contribution in [2.45, 2.75) is 101 Å². The Morgan fingerprint density at radius 1 is 0.611 bits per heavy atom. The molecule has 0 aromatic heterocycles. The van der Waals surface area contributed by atoms with Crippen LogP contribution in [-0.2, 0) is 10.8 Å². The molecule has 0 heterocycles. The number of rotatable bonds is 3. The number of halogens is 2. The summed E-state index contributed by atoms with van der Waals surface area (Å²) >= 11 is 10.7. The zero-order valence-electron chi connectivity index (χ0n) is 24.4. The van der Waals surface area contributed by atoms with Gasteiger partial charge in [-0.2, -0.15) is 0 Å². The SMILES string of the molecule is CC.CC.CC.CC.CC1(C)c2ccc(OC(=O)Cl)cc2C(C)(c2ccc(OC(=O)Cl)cc2)C1(C)C. The van der Waals surface area contributed by atoms with Crippen molar-refractivity contribution in [1.82, 2.24) is 0 Å². The zero-order chi connectivity index (χ0) is 28.9. The molecular weight excluding hydrogens is 495 g/mol. The molecule has 1 aliphatic rings. The van der Waals surface area contributed by atoms with Crippen molar-refractivity contribution in [3.8, 4) is 11.5 Å². The monoisotopic (exact) mass is 540 g/mol. The van der Waals surface area contributed by atoms with Crippen LogP contribution in [0.4, 0.5) is 9.59 Å². The Balaban J connectivity index is 0. The third kappa shape index (κ3) is 7.26. The minimum Gasteiger partial charge on any atom is -0.415 e. The van der Waals surface area contributed by atoms with E-state index < -0.39 is 16.3 Å². The number of carbonyl (C=O) groups excluding carboxylic acids is 2. The highest BCUT2D eigenvalue weighted by atomic mass is 35.5. The standard InChI is InChI=1S/C22H22Cl2O4.4C2H6/c1-20(2)16-11-10-15(28-19(24)26)12-17(16)22(5,21(20,3)4)13-6-8-14(9-7-13)27-18(23)25;4*1-2/h6-12H,1-5H3;4*1-2H3. The van der Waals surface area contributed by atoms with Gasteiger partial charge in [-0.05, 0) is 51.8 Å². The average molecular weight is 542 g/mol. The van der Waals surface area contributed by atoms with E-state index in [4.69, 9.17) is 32.7 Å². The lowest BCUT2D eigenvalue weighted by Gasteiger charge is -2.47.